The zero-order chi connectivity index (χ0) is 14.5. The van der Waals surface area contributed by atoms with Crippen molar-refractivity contribution in [2.24, 2.45) is 23.2 Å². The van der Waals surface area contributed by atoms with E-state index in [1.54, 1.807) is 0 Å². The fraction of sp³-hybridized carbons (Fsp3) is 0.929. The maximum atomic E-state index is 12.0. The number of carboxylic acids is 1. The van der Waals surface area contributed by atoms with Crippen LogP contribution >= 0.6 is 0 Å². The predicted molar refractivity (Wildman–Crippen MR) is 74.6 cm³/mol. The minimum Gasteiger partial charge on any atom is -0.480 e. The summed E-state index contributed by atoms with van der Waals surface area (Å²) in [6, 6.07) is 0. The Balaban J connectivity index is 1.68. The van der Waals surface area contributed by atoms with Gasteiger partial charge in [-0.05, 0) is 68.6 Å². The molecule has 4 fully saturated rings. The first-order valence-electron chi connectivity index (χ1n) is 7.51. The lowest BCUT2D eigenvalue weighted by Crippen LogP contribution is -2.52. The summed E-state index contributed by atoms with van der Waals surface area (Å²) < 4.78 is 26.5. The average Bonchev–Trinajstić information content (AvgIpc) is 2.34. The minimum absolute atomic E-state index is 0.0973. The molecule has 0 aliphatic heterocycles. The molecule has 1 atom stereocenters. The summed E-state index contributed by atoms with van der Waals surface area (Å²) >= 11 is 0. The van der Waals surface area contributed by atoms with Gasteiger partial charge >= 0.3 is 5.97 Å². The van der Waals surface area contributed by atoms with Gasteiger partial charge in [0, 0.05) is 6.54 Å². The van der Waals surface area contributed by atoms with Crippen LogP contribution in [0.1, 0.15) is 45.4 Å². The van der Waals surface area contributed by atoms with E-state index in [4.69, 9.17) is 5.11 Å². The summed E-state index contributed by atoms with van der Waals surface area (Å²) in [5.74, 6) is 1.01. The van der Waals surface area contributed by atoms with Crippen molar-refractivity contribution in [3.8, 4) is 0 Å². The van der Waals surface area contributed by atoms with E-state index in [0.717, 1.165) is 37.0 Å². The molecule has 0 amide bonds. The van der Waals surface area contributed by atoms with Crippen LogP contribution in [-0.2, 0) is 14.8 Å². The van der Waals surface area contributed by atoms with Crippen LogP contribution in [0.4, 0.5) is 0 Å². The lowest BCUT2D eigenvalue weighted by Gasteiger charge is -2.56. The number of rotatable bonds is 5. The summed E-state index contributed by atoms with van der Waals surface area (Å²) in [6.07, 6.45) is 7.29. The van der Waals surface area contributed by atoms with Crippen LogP contribution in [0.25, 0.3) is 0 Å². The van der Waals surface area contributed by atoms with Crippen molar-refractivity contribution in [1.82, 2.24) is 4.72 Å². The van der Waals surface area contributed by atoms with E-state index in [1.807, 2.05) is 0 Å². The second kappa shape index (κ2) is 4.70. The molecule has 114 valence electrons. The molecule has 4 saturated carbocycles. The normalized spacial score (nSPS) is 40.8. The van der Waals surface area contributed by atoms with Crippen LogP contribution in [0.3, 0.4) is 0 Å². The van der Waals surface area contributed by atoms with Crippen LogP contribution in [0.5, 0.6) is 0 Å². The van der Waals surface area contributed by atoms with Crippen molar-refractivity contribution in [1.29, 1.82) is 0 Å². The molecule has 4 rings (SSSR count). The molecule has 0 aromatic heterocycles. The number of hydrogen-bond acceptors (Lipinski definition) is 3. The van der Waals surface area contributed by atoms with Crippen LogP contribution in [0.15, 0.2) is 0 Å². The molecule has 4 aliphatic rings. The quantitative estimate of drug-likeness (QED) is 0.808. The van der Waals surface area contributed by atoms with Crippen molar-refractivity contribution < 1.29 is 18.3 Å². The van der Waals surface area contributed by atoms with E-state index in [-0.39, 0.29) is 5.41 Å². The molecular formula is C14H23NO4S. The third-order valence-electron chi connectivity index (χ3n) is 5.63. The molecule has 0 aromatic rings. The molecule has 0 spiro atoms. The standard InChI is InChI=1S/C14H23NO4S/c1-9(13(16)17)20(18,19)15-8-14-5-10-2-11(6-14)4-12(3-10)7-14/h9-12,15H,2-8H2,1H3,(H,16,17). The van der Waals surface area contributed by atoms with Gasteiger partial charge in [0.25, 0.3) is 0 Å². The number of aliphatic carboxylic acids is 1. The van der Waals surface area contributed by atoms with Gasteiger partial charge in [-0.15, -0.1) is 0 Å². The van der Waals surface area contributed by atoms with Crippen LogP contribution in [0.2, 0.25) is 0 Å². The summed E-state index contributed by atoms with van der Waals surface area (Å²) in [7, 11) is -3.75. The second-order valence-electron chi connectivity index (χ2n) is 7.26. The third kappa shape index (κ3) is 2.48. The Bertz CT molecular complexity index is 478. The van der Waals surface area contributed by atoms with Crippen molar-refractivity contribution >= 4 is 16.0 Å². The van der Waals surface area contributed by atoms with Crippen molar-refractivity contribution in [3.63, 3.8) is 0 Å². The molecule has 0 aromatic carbocycles. The topological polar surface area (TPSA) is 83.5 Å². The smallest absolute Gasteiger partial charge is 0.323 e. The minimum atomic E-state index is -3.75. The van der Waals surface area contributed by atoms with E-state index in [1.165, 1.54) is 26.2 Å². The van der Waals surface area contributed by atoms with Crippen molar-refractivity contribution in [2.45, 2.75) is 50.7 Å². The number of carboxylic acid groups (broad SMARTS) is 1. The fourth-order valence-electron chi connectivity index (χ4n) is 5.02. The van der Waals surface area contributed by atoms with Crippen LogP contribution < -0.4 is 4.72 Å². The summed E-state index contributed by atoms with van der Waals surface area (Å²) in [5.41, 5.74) is 0.0973. The Morgan fingerprint density at radius 1 is 1.20 bits per heavy atom. The molecular weight excluding hydrogens is 278 g/mol. The van der Waals surface area contributed by atoms with E-state index in [0.29, 0.717) is 6.54 Å². The number of carbonyl (C=O) groups is 1. The Kier molecular flexibility index (Phi) is 3.36. The van der Waals surface area contributed by atoms with Gasteiger partial charge in [-0.1, -0.05) is 0 Å². The molecule has 1 unspecified atom stereocenters. The zero-order valence-electron chi connectivity index (χ0n) is 11.8. The van der Waals surface area contributed by atoms with Crippen LogP contribution in [-0.4, -0.2) is 31.3 Å². The maximum Gasteiger partial charge on any atom is 0.323 e. The molecule has 0 heterocycles. The Labute approximate surface area is 120 Å². The molecule has 6 heteroatoms. The van der Waals surface area contributed by atoms with Crippen molar-refractivity contribution in [2.75, 3.05) is 6.54 Å². The van der Waals surface area contributed by atoms with Gasteiger partial charge in [-0.2, -0.15) is 0 Å². The monoisotopic (exact) mass is 301 g/mol. The van der Waals surface area contributed by atoms with E-state index >= 15 is 0 Å². The van der Waals surface area contributed by atoms with E-state index < -0.39 is 21.2 Å². The molecule has 0 saturated heterocycles. The Morgan fingerprint density at radius 2 is 1.65 bits per heavy atom. The van der Waals surface area contributed by atoms with E-state index in [9.17, 15) is 13.2 Å². The summed E-state index contributed by atoms with van der Waals surface area (Å²) in [4.78, 5) is 10.8. The first-order valence-corrected chi connectivity index (χ1v) is 9.06. The van der Waals surface area contributed by atoms with Gasteiger partial charge in [-0.3, -0.25) is 4.79 Å². The molecule has 20 heavy (non-hydrogen) atoms. The number of hydrogen-bond donors (Lipinski definition) is 2. The van der Waals surface area contributed by atoms with E-state index in [2.05, 4.69) is 4.72 Å². The molecule has 4 aliphatic carbocycles. The summed E-state index contributed by atoms with van der Waals surface area (Å²) in [5, 5.41) is 7.48. The van der Waals surface area contributed by atoms with Crippen molar-refractivity contribution in [3.05, 3.63) is 0 Å². The lowest BCUT2D eigenvalue weighted by molar-refractivity contribution is -0.136. The highest BCUT2D eigenvalue weighted by Crippen LogP contribution is 2.59. The zero-order valence-corrected chi connectivity index (χ0v) is 12.7. The van der Waals surface area contributed by atoms with Gasteiger partial charge in [0.05, 0.1) is 0 Å². The third-order valence-corrected chi connectivity index (χ3v) is 7.31. The first kappa shape index (κ1) is 14.3. The number of nitrogens with one attached hydrogen (secondary N) is 1. The molecule has 5 nitrogen and oxygen atoms in total. The molecule has 0 radical (unpaired) electrons. The maximum absolute atomic E-state index is 12.0. The highest BCUT2D eigenvalue weighted by atomic mass is 32.2. The lowest BCUT2D eigenvalue weighted by atomic mass is 9.50. The average molecular weight is 301 g/mol. The highest BCUT2D eigenvalue weighted by Gasteiger charge is 2.51. The van der Waals surface area contributed by atoms with Gasteiger partial charge in [0.2, 0.25) is 10.0 Å². The first-order chi connectivity index (χ1) is 9.30. The number of sulfonamides is 1. The highest BCUT2D eigenvalue weighted by molar-refractivity contribution is 7.90. The Hall–Kier alpha value is -0.620. The SMILES string of the molecule is CC(C(=O)O)S(=O)(=O)NCC12CC3CC(CC(C3)C1)C2. The largest absolute Gasteiger partial charge is 0.480 e. The Morgan fingerprint density at radius 3 is 2.05 bits per heavy atom. The van der Waals surface area contributed by atoms with Gasteiger partial charge < -0.3 is 5.11 Å². The molecule has 4 bridgehead atoms. The fourth-order valence-corrected chi connectivity index (χ4v) is 6.04. The van der Waals surface area contributed by atoms with Gasteiger partial charge in [0.1, 0.15) is 0 Å². The second-order valence-corrected chi connectivity index (χ2v) is 9.35. The van der Waals surface area contributed by atoms with Gasteiger partial charge in [0.15, 0.2) is 5.25 Å². The molecule has 2 N–H and O–H groups in total. The van der Waals surface area contributed by atoms with Gasteiger partial charge in [-0.25, -0.2) is 13.1 Å². The predicted octanol–water partition coefficient (Wildman–Crippen LogP) is 1.60. The van der Waals surface area contributed by atoms with Crippen LogP contribution in [0, 0.1) is 23.2 Å². The summed E-state index contributed by atoms with van der Waals surface area (Å²) in [6.45, 7) is 1.65.